The van der Waals surface area contributed by atoms with Crippen molar-refractivity contribution in [1.29, 1.82) is 0 Å². The van der Waals surface area contributed by atoms with E-state index in [2.05, 4.69) is 10.1 Å². The van der Waals surface area contributed by atoms with Crippen molar-refractivity contribution in [2.75, 3.05) is 6.54 Å². The maximum atomic E-state index is 12.5. The predicted molar refractivity (Wildman–Crippen MR) is 75.4 cm³/mol. The fourth-order valence-electron chi connectivity index (χ4n) is 2.64. The first-order valence-electron chi connectivity index (χ1n) is 6.85. The number of carbonyl (C=O) groups excluding carboxylic acids is 1. The Bertz CT molecular complexity index is 579. The predicted octanol–water partition coefficient (Wildman–Crippen LogP) is 2.74. The standard InChI is InChI=1S/C14H17N3O2S/c1-10-8-11(16-19-10)9-13(18)17-6-3-2-4-12(17)14-15-5-7-20-14/h5,7-8,12H,2-4,6,9H2,1H3. The zero-order valence-corrected chi connectivity index (χ0v) is 12.2. The van der Waals surface area contributed by atoms with Crippen LogP contribution < -0.4 is 0 Å². The Morgan fingerprint density at radius 3 is 3.15 bits per heavy atom. The van der Waals surface area contributed by atoms with Gasteiger partial charge in [0.05, 0.1) is 18.2 Å². The summed E-state index contributed by atoms with van der Waals surface area (Å²) in [6, 6.07) is 1.95. The Morgan fingerprint density at radius 1 is 1.55 bits per heavy atom. The third-order valence-electron chi connectivity index (χ3n) is 3.57. The van der Waals surface area contributed by atoms with Gasteiger partial charge in [-0.05, 0) is 26.2 Å². The van der Waals surface area contributed by atoms with Crippen molar-refractivity contribution >= 4 is 17.2 Å². The van der Waals surface area contributed by atoms with Crippen molar-refractivity contribution in [2.24, 2.45) is 0 Å². The fourth-order valence-corrected chi connectivity index (χ4v) is 3.43. The number of aromatic nitrogens is 2. The summed E-state index contributed by atoms with van der Waals surface area (Å²) in [7, 11) is 0. The minimum atomic E-state index is 0.109. The van der Waals surface area contributed by atoms with E-state index in [4.69, 9.17) is 4.52 Å². The highest BCUT2D eigenvalue weighted by Crippen LogP contribution is 2.32. The van der Waals surface area contributed by atoms with E-state index in [9.17, 15) is 4.79 Å². The molecule has 0 bridgehead atoms. The van der Waals surface area contributed by atoms with Gasteiger partial charge in [0.1, 0.15) is 10.8 Å². The van der Waals surface area contributed by atoms with Gasteiger partial charge in [-0.3, -0.25) is 4.79 Å². The van der Waals surface area contributed by atoms with Crippen LogP contribution in [0.4, 0.5) is 0 Å². The molecule has 2 aromatic rings. The molecule has 106 valence electrons. The van der Waals surface area contributed by atoms with Crippen LogP contribution in [0, 0.1) is 6.92 Å². The third kappa shape index (κ3) is 2.75. The van der Waals surface area contributed by atoms with Crippen LogP contribution >= 0.6 is 11.3 Å². The molecule has 3 heterocycles. The summed E-state index contributed by atoms with van der Waals surface area (Å²) in [5.41, 5.74) is 0.705. The molecule has 2 aromatic heterocycles. The SMILES string of the molecule is Cc1cc(CC(=O)N2CCCCC2c2nccs2)no1. The molecular formula is C14H17N3O2S. The zero-order valence-electron chi connectivity index (χ0n) is 11.4. The van der Waals surface area contributed by atoms with Gasteiger partial charge >= 0.3 is 0 Å². The van der Waals surface area contributed by atoms with Gasteiger partial charge in [-0.15, -0.1) is 11.3 Å². The van der Waals surface area contributed by atoms with Gasteiger partial charge in [0.2, 0.25) is 5.91 Å². The molecule has 1 unspecified atom stereocenters. The first-order chi connectivity index (χ1) is 9.74. The molecule has 1 atom stereocenters. The van der Waals surface area contributed by atoms with Crippen molar-refractivity contribution in [2.45, 2.75) is 38.6 Å². The van der Waals surface area contributed by atoms with Crippen molar-refractivity contribution in [3.8, 4) is 0 Å². The average molecular weight is 291 g/mol. The van der Waals surface area contributed by atoms with Gasteiger partial charge in [0, 0.05) is 24.2 Å². The van der Waals surface area contributed by atoms with Crippen LogP contribution in [0.3, 0.4) is 0 Å². The van der Waals surface area contributed by atoms with Gasteiger partial charge < -0.3 is 9.42 Å². The third-order valence-corrected chi connectivity index (χ3v) is 4.45. The summed E-state index contributed by atoms with van der Waals surface area (Å²) < 4.78 is 5.02. The van der Waals surface area contributed by atoms with Crippen LogP contribution in [0.5, 0.6) is 0 Å². The van der Waals surface area contributed by atoms with E-state index in [0.29, 0.717) is 12.1 Å². The first kappa shape index (κ1) is 13.3. The number of amides is 1. The lowest BCUT2D eigenvalue weighted by Gasteiger charge is -2.34. The maximum absolute atomic E-state index is 12.5. The average Bonchev–Trinajstić information content (AvgIpc) is 3.10. The fraction of sp³-hybridized carbons (Fsp3) is 0.500. The van der Waals surface area contributed by atoms with Crippen LogP contribution in [0.1, 0.15) is 41.8 Å². The number of rotatable bonds is 3. The molecule has 0 saturated carbocycles. The molecule has 1 aliphatic heterocycles. The van der Waals surface area contributed by atoms with Crippen molar-refractivity contribution in [3.05, 3.63) is 34.1 Å². The number of thiazole rings is 1. The number of hydrogen-bond acceptors (Lipinski definition) is 5. The quantitative estimate of drug-likeness (QED) is 0.872. The number of nitrogens with zero attached hydrogens (tertiary/aromatic N) is 3. The Kier molecular flexibility index (Phi) is 3.82. The van der Waals surface area contributed by atoms with Gasteiger partial charge in [-0.1, -0.05) is 5.16 Å². The molecule has 6 heteroatoms. The van der Waals surface area contributed by atoms with E-state index < -0.39 is 0 Å². The second-order valence-corrected chi connectivity index (χ2v) is 6.00. The summed E-state index contributed by atoms with van der Waals surface area (Å²) in [6.45, 7) is 2.64. The summed E-state index contributed by atoms with van der Waals surface area (Å²) in [5, 5.41) is 6.91. The largest absolute Gasteiger partial charge is 0.361 e. The second kappa shape index (κ2) is 5.75. The molecule has 1 amide bonds. The minimum absolute atomic E-state index is 0.109. The molecule has 20 heavy (non-hydrogen) atoms. The monoisotopic (exact) mass is 291 g/mol. The van der Waals surface area contributed by atoms with Gasteiger partial charge in [0.15, 0.2) is 0 Å². The number of hydrogen-bond donors (Lipinski definition) is 0. The molecular weight excluding hydrogens is 274 g/mol. The highest BCUT2D eigenvalue weighted by Gasteiger charge is 2.29. The lowest BCUT2D eigenvalue weighted by molar-refractivity contribution is -0.134. The topological polar surface area (TPSA) is 59.2 Å². The highest BCUT2D eigenvalue weighted by atomic mass is 32.1. The summed E-state index contributed by atoms with van der Waals surface area (Å²) in [6.07, 6.45) is 5.32. The van der Waals surface area contributed by atoms with Crippen LogP contribution in [0.25, 0.3) is 0 Å². The summed E-state index contributed by atoms with van der Waals surface area (Å²) >= 11 is 1.62. The Labute approximate surface area is 121 Å². The molecule has 1 aliphatic rings. The van der Waals surface area contributed by atoms with E-state index in [-0.39, 0.29) is 11.9 Å². The van der Waals surface area contributed by atoms with E-state index in [1.807, 2.05) is 23.3 Å². The number of likely N-dealkylation sites (tertiary alicyclic amines) is 1. The maximum Gasteiger partial charge on any atom is 0.229 e. The van der Waals surface area contributed by atoms with E-state index in [0.717, 1.165) is 36.6 Å². The molecule has 1 saturated heterocycles. The van der Waals surface area contributed by atoms with E-state index in [1.165, 1.54) is 0 Å². The van der Waals surface area contributed by atoms with Crippen LogP contribution in [0.15, 0.2) is 22.2 Å². The van der Waals surface area contributed by atoms with Crippen LogP contribution in [-0.4, -0.2) is 27.5 Å². The number of aryl methyl sites for hydroxylation is 1. The molecule has 0 spiro atoms. The molecule has 0 radical (unpaired) electrons. The van der Waals surface area contributed by atoms with Gasteiger partial charge in [-0.25, -0.2) is 4.98 Å². The molecule has 3 rings (SSSR count). The molecule has 0 N–H and O–H groups in total. The van der Waals surface area contributed by atoms with Crippen LogP contribution in [-0.2, 0) is 11.2 Å². The smallest absolute Gasteiger partial charge is 0.229 e. The van der Waals surface area contributed by atoms with Crippen LogP contribution in [0.2, 0.25) is 0 Å². The Hall–Kier alpha value is -1.69. The molecule has 5 nitrogen and oxygen atoms in total. The molecule has 1 fully saturated rings. The highest BCUT2D eigenvalue weighted by molar-refractivity contribution is 7.09. The van der Waals surface area contributed by atoms with Crippen molar-refractivity contribution < 1.29 is 9.32 Å². The lowest BCUT2D eigenvalue weighted by Crippen LogP contribution is -2.39. The Morgan fingerprint density at radius 2 is 2.45 bits per heavy atom. The van der Waals surface area contributed by atoms with E-state index in [1.54, 1.807) is 17.5 Å². The van der Waals surface area contributed by atoms with Crippen molar-refractivity contribution in [3.63, 3.8) is 0 Å². The molecule has 0 aliphatic carbocycles. The minimum Gasteiger partial charge on any atom is -0.361 e. The number of carbonyl (C=O) groups is 1. The number of piperidine rings is 1. The van der Waals surface area contributed by atoms with Gasteiger partial charge in [0.25, 0.3) is 0 Å². The Balaban J connectivity index is 1.74. The lowest BCUT2D eigenvalue weighted by atomic mass is 10.0. The summed E-state index contributed by atoms with van der Waals surface area (Å²) in [5.74, 6) is 0.848. The van der Waals surface area contributed by atoms with E-state index >= 15 is 0 Å². The normalized spacial score (nSPS) is 19.2. The van der Waals surface area contributed by atoms with Gasteiger partial charge in [-0.2, -0.15) is 0 Å². The summed E-state index contributed by atoms with van der Waals surface area (Å²) in [4.78, 5) is 18.8. The first-order valence-corrected chi connectivity index (χ1v) is 7.73. The zero-order chi connectivity index (χ0) is 13.9. The second-order valence-electron chi connectivity index (χ2n) is 5.07. The molecule has 0 aromatic carbocycles. The van der Waals surface area contributed by atoms with Crippen molar-refractivity contribution in [1.82, 2.24) is 15.0 Å².